The first-order valence-electron chi connectivity index (χ1n) is 16.0. The van der Waals surface area contributed by atoms with Crippen LogP contribution in [0.15, 0.2) is 120 Å². The minimum Gasteiger partial charge on any atom is -0.501 e. The van der Waals surface area contributed by atoms with Gasteiger partial charge in [0.25, 0.3) is 0 Å². The molecule has 5 aromatic carbocycles. The number of nitrogens with zero attached hydrogens (tertiary/aromatic N) is 3. The Morgan fingerprint density at radius 2 is 1.38 bits per heavy atom. The molecule has 0 unspecified atom stereocenters. The van der Waals surface area contributed by atoms with Gasteiger partial charge in [0.15, 0.2) is 0 Å². The Hall–Kier alpha value is -4.70. The van der Waals surface area contributed by atoms with Crippen LogP contribution in [-0.2, 0) is 30.9 Å². The van der Waals surface area contributed by atoms with E-state index in [4.69, 9.17) is 9.40 Å². The van der Waals surface area contributed by atoms with E-state index in [0.29, 0.717) is 5.82 Å². The van der Waals surface area contributed by atoms with Gasteiger partial charge < -0.3 is 9.40 Å². The van der Waals surface area contributed by atoms with Crippen molar-refractivity contribution in [2.45, 2.75) is 52.4 Å². The summed E-state index contributed by atoms with van der Waals surface area (Å²) in [6.45, 7) is 13.1. The predicted molar refractivity (Wildman–Crippen MR) is 195 cm³/mol. The normalized spacial score (nSPS) is 11.8. The second-order valence-corrected chi connectivity index (χ2v) is 14.0. The second-order valence-electron chi connectivity index (χ2n) is 14.0. The summed E-state index contributed by atoms with van der Waals surface area (Å²) in [5, 5.41) is 7.02. The van der Waals surface area contributed by atoms with E-state index in [2.05, 4.69) is 130 Å². The molecule has 4 nitrogen and oxygen atoms in total. The topological polar surface area (TPSA) is 51.8 Å². The maximum atomic E-state index is 6.41. The number of rotatable bonds is 2. The third-order valence-corrected chi connectivity index (χ3v) is 8.56. The van der Waals surface area contributed by atoms with Crippen LogP contribution >= 0.6 is 0 Å². The van der Waals surface area contributed by atoms with Crippen molar-refractivity contribution in [1.82, 2.24) is 15.0 Å². The van der Waals surface area contributed by atoms with E-state index in [9.17, 15) is 0 Å². The zero-order chi connectivity index (χ0) is 32.8. The van der Waals surface area contributed by atoms with Crippen molar-refractivity contribution in [3.63, 3.8) is 0 Å². The van der Waals surface area contributed by atoms with Crippen molar-refractivity contribution >= 4 is 43.5 Å². The fraction of sp³-hybridized carbons (Fsp3) is 0.186. The zero-order valence-corrected chi connectivity index (χ0v) is 30.4. The molecule has 8 aromatic rings. The molecule has 0 atom stereocenters. The van der Waals surface area contributed by atoms with Crippen LogP contribution in [0.2, 0.25) is 0 Å². The van der Waals surface area contributed by atoms with Gasteiger partial charge in [-0.1, -0.05) is 95.0 Å². The standard InChI is InChI=1S/C28H21N2O.C15H16N.Ir/c1-28(2,3)25-13-14-29-27(30-25)21-10-6-9-20-23-15-18-12-11-17-7-4-5-8-19(17)22(18)16-24(23)31-26(20)21;1-15(2,3)13-9-10-16-14(11-13)12-7-5-4-6-8-12;/h4-9,11-16H,1-3H3;4-7,9-11H,1-3H3;/q2*-1;. The molecule has 0 spiro atoms. The first-order chi connectivity index (χ1) is 22.6. The van der Waals surface area contributed by atoms with E-state index in [1.165, 1.54) is 27.1 Å². The molecular weight excluding hydrogens is 767 g/mol. The molecule has 8 rings (SSSR count). The Kier molecular flexibility index (Phi) is 9.04. The molecule has 0 fully saturated rings. The maximum absolute atomic E-state index is 6.41. The Balaban J connectivity index is 0.000000201. The number of benzene rings is 5. The molecule has 0 saturated carbocycles. The third kappa shape index (κ3) is 6.54. The van der Waals surface area contributed by atoms with Gasteiger partial charge in [0, 0.05) is 49.0 Å². The molecule has 0 bridgehead atoms. The molecule has 0 N–H and O–H groups in total. The van der Waals surface area contributed by atoms with Gasteiger partial charge in [0.2, 0.25) is 0 Å². The largest absolute Gasteiger partial charge is 0.501 e. The van der Waals surface area contributed by atoms with Crippen molar-refractivity contribution < 1.29 is 24.5 Å². The van der Waals surface area contributed by atoms with E-state index < -0.39 is 0 Å². The summed E-state index contributed by atoms with van der Waals surface area (Å²) in [6.07, 6.45) is 3.69. The molecule has 3 aromatic heterocycles. The van der Waals surface area contributed by atoms with Crippen LogP contribution in [0.3, 0.4) is 0 Å². The monoisotopic (exact) mass is 804 g/mol. The molecule has 48 heavy (non-hydrogen) atoms. The molecule has 0 aliphatic carbocycles. The van der Waals surface area contributed by atoms with Gasteiger partial charge in [-0.05, 0) is 62.5 Å². The van der Waals surface area contributed by atoms with Crippen LogP contribution in [0, 0.1) is 12.1 Å². The number of hydrogen-bond acceptors (Lipinski definition) is 4. The molecule has 0 amide bonds. The van der Waals surface area contributed by atoms with Crippen molar-refractivity contribution in [3.05, 3.63) is 139 Å². The van der Waals surface area contributed by atoms with Crippen molar-refractivity contribution in [3.8, 4) is 22.6 Å². The number of fused-ring (bicyclic) bond motifs is 6. The summed E-state index contributed by atoms with van der Waals surface area (Å²) < 4.78 is 6.41. The Labute approximate surface area is 295 Å². The molecule has 5 heteroatoms. The van der Waals surface area contributed by atoms with Crippen LogP contribution in [0.1, 0.15) is 52.8 Å². The SMILES string of the molecule is CC(C)(C)c1ccnc(-c2[c-]ccc3c2oc2cc4c(ccc5ccccc54)cc23)n1.CC(C)(C)c1ccnc(-c2[c-]cccc2)c1.[Ir]. The van der Waals surface area contributed by atoms with Crippen LogP contribution in [0.4, 0.5) is 0 Å². The molecular formula is C43H37IrN3O-2. The van der Waals surface area contributed by atoms with Crippen LogP contribution < -0.4 is 0 Å². The number of pyridine rings is 1. The molecule has 0 aliphatic heterocycles. The smallest absolute Gasteiger partial charge is 0.121 e. The molecule has 0 aliphatic rings. The van der Waals surface area contributed by atoms with Gasteiger partial charge in [-0.25, -0.2) is 0 Å². The number of furan rings is 1. The average molecular weight is 804 g/mol. The number of aromatic nitrogens is 3. The third-order valence-electron chi connectivity index (χ3n) is 8.56. The summed E-state index contributed by atoms with van der Waals surface area (Å²) in [4.78, 5) is 13.8. The van der Waals surface area contributed by atoms with Gasteiger partial charge >= 0.3 is 0 Å². The minimum absolute atomic E-state index is 0. The van der Waals surface area contributed by atoms with Crippen LogP contribution in [0.25, 0.3) is 66.1 Å². The first-order valence-corrected chi connectivity index (χ1v) is 16.0. The molecule has 241 valence electrons. The minimum atomic E-state index is -0.0573. The van der Waals surface area contributed by atoms with E-state index in [0.717, 1.165) is 44.5 Å². The second kappa shape index (κ2) is 13.1. The first kappa shape index (κ1) is 33.2. The van der Waals surface area contributed by atoms with Crippen molar-refractivity contribution in [2.24, 2.45) is 0 Å². The van der Waals surface area contributed by atoms with E-state index in [1.54, 1.807) is 0 Å². The van der Waals surface area contributed by atoms with Crippen molar-refractivity contribution in [2.75, 3.05) is 0 Å². The summed E-state index contributed by atoms with van der Waals surface area (Å²) in [5.41, 5.74) is 6.89. The van der Waals surface area contributed by atoms with Gasteiger partial charge in [-0.3, -0.25) is 9.97 Å². The summed E-state index contributed by atoms with van der Waals surface area (Å²) in [6, 6.07) is 41.8. The quantitative estimate of drug-likeness (QED) is 0.129. The zero-order valence-electron chi connectivity index (χ0n) is 28.1. The number of hydrogen-bond donors (Lipinski definition) is 0. The predicted octanol–water partition coefficient (Wildman–Crippen LogP) is 11.3. The summed E-state index contributed by atoms with van der Waals surface area (Å²) in [5.74, 6) is 0.645. The fourth-order valence-corrected chi connectivity index (χ4v) is 5.90. The van der Waals surface area contributed by atoms with Gasteiger partial charge in [-0.15, -0.1) is 54.1 Å². The van der Waals surface area contributed by atoms with Crippen LogP contribution in [-0.4, -0.2) is 15.0 Å². The summed E-state index contributed by atoms with van der Waals surface area (Å²) in [7, 11) is 0. The van der Waals surface area contributed by atoms with E-state index in [-0.39, 0.29) is 30.9 Å². The van der Waals surface area contributed by atoms with E-state index >= 15 is 0 Å². The van der Waals surface area contributed by atoms with Crippen molar-refractivity contribution in [1.29, 1.82) is 0 Å². The summed E-state index contributed by atoms with van der Waals surface area (Å²) >= 11 is 0. The molecule has 3 heterocycles. The van der Waals surface area contributed by atoms with Crippen LogP contribution in [0.5, 0.6) is 0 Å². The fourth-order valence-electron chi connectivity index (χ4n) is 5.90. The van der Waals surface area contributed by atoms with Gasteiger partial charge in [0.05, 0.1) is 11.4 Å². The maximum Gasteiger partial charge on any atom is 0.121 e. The molecule has 0 saturated heterocycles. The Bertz CT molecular complexity index is 2380. The molecule has 1 radical (unpaired) electrons. The van der Waals surface area contributed by atoms with E-state index in [1.807, 2.05) is 48.8 Å². The Morgan fingerprint density at radius 3 is 2.15 bits per heavy atom. The van der Waals surface area contributed by atoms with Gasteiger partial charge in [0.1, 0.15) is 5.58 Å². The average Bonchev–Trinajstić information content (AvgIpc) is 3.45. The van der Waals surface area contributed by atoms with Gasteiger partial charge in [-0.2, -0.15) is 0 Å². The Morgan fingerprint density at radius 1 is 0.604 bits per heavy atom.